The second-order valence-corrected chi connectivity index (χ2v) is 6.33. The van der Waals surface area contributed by atoms with Crippen molar-refractivity contribution < 1.29 is 0 Å². The van der Waals surface area contributed by atoms with Crippen molar-refractivity contribution in [2.45, 2.75) is 27.7 Å². The zero-order valence-corrected chi connectivity index (χ0v) is 10.1. The van der Waals surface area contributed by atoms with Crippen molar-refractivity contribution in [2.75, 3.05) is 0 Å². The van der Waals surface area contributed by atoms with E-state index >= 15 is 0 Å². The van der Waals surface area contributed by atoms with E-state index in [0.717, 1.165) is 0 Å². The summed E-state index contributed by atoms with van der Waals surface area (Å²) in [5, 5.41) is 0. The van der Waals surface area contributed by atoms with E-state index in [0.29, 0.717) is 0 Å². The molecule has 0 rings (SSSR count). The Bertz CT molecular complexity index is 178. The van der Waals surface area contributed by atoms with Crippen LogP contribution in [-0.2, 0) is 0 Å². The standard InChI is InChI=1S/C12H21P/c1-5-9-13(10-6-2,11-7-3)12-8-4/h5-13H,1-4H3/b9-5-,10-6-,11-7-,12-8-. The molecule has 0 aliphatic heterocycles. The van der Waals surface area contributed by atoms with Crippen LogP contribution < -0.4 is 0 Å². The molecule has 0 spiro atoms. The monoisotopic (exact) mass is 196 g/mol. The first-order valence-corrected chi connectivity index (χ1v) is 7.11. The van der Waals surface area contributed by atoms with Crippen molar-refractivity contribution in [2.24, 2.45) is 0 Å². The van der Waals surface area contributed by atoms with Crippen LogP contribution in [0.3, 0.4) is 0 Å². The third-order valence-corrected chi connectivity index (χ3v) is 5.46. The molecular weight excluding hydrogens is 175 g/mol. The van der Waals surface area contributed by atoms with E-state index in [1.807, 2.05) is 0 Å². The van der Waals surface area contributed by atoms with Gasteiger partial charge in [-0.3, -0.25) is 0 Å². The van der Waals surface area contributed by atoms with Crippen LogP contribution >= 0.6 is 7.26 Å². The van der Waals surface area contributed by atoms with Crippen molar-refractivity contribution in [3.63, 3.8) is 0 Å². The van der Waals surface area contributed by atoms with E-state index in [-0.39, 0.29) is 0 Å². The van der Waals surface area contributed by atoms with Crippen molar-refractivity contribution >= 4 is 7.26 Å². The van der Waals surface area contributed by atoms with Gasteiger partial charge in [-0.1, -0.05) is 0 Å². The van der Waals surface area contributed by atoms with Crippen LogP contribution in [0, 0.1) is 0 Å². The first-order chi connectivity index (χ1) is 6.24. The molecule has 0 bridgehead atoms. The van der Waals surface area contributed by atoms with Crippen LogP contribution in [0.15, 0.2) is 47.6 Å². The van der Waals surface area contributed by atoms with Crippen LogP contribution in [0.25, 0.3) is 0 Å². The Morgan fingerprint density at radius 1 is 0.538 bits per heavy atom. The number of allylic oxidation sites excluding steroid dienone is 4. The molecule has 0 saturated carbocycles. The average molecular weight is 196 g/mol. The molecule has 0 saturated heterocycles. The van der Waals surface area contributed by atoms with E-state index < -0.39 is 7.26 Å². The van der Waals surface area contributed by atoms with E-state index in [1.54, 1.807) is 0 Å². The first-order valence-electron chi connectivity index (χ1n) is 4.80. The molecular formula is C12H21P. The van der Waals surface area contributed by atoms with Crippen LogP contribution in [0.1, 0.15) is 27.7 Å². The molecule has 1 heteroatoms. The van der Waals surface area contributed by atoms with Gasteiger partial charge in [0.25, 0.3) is 0 Å². The second kappa shape index (κ2) is 6.86. The maximum atomic E-state index is 2.33. The third kappa shape index (κ3) is 4.24. The van der Waals surface area contributed by atoms with Gasteiger partial charge < -0.3 is 0 Å². The molecule has 0 unspecified atom stereocenters. The summed E-state index contributed by atoms with van der Waals surface area (Å²) in [5.41, 5.74) is 0. The van der Waals surface area contributed by atoms with Gasteiger partial charge in [0.15, 0.2) is 0 Å². The molecule has 0 amide bonds. The molecule has 0 aliphatic rings. The Morgan fingerprint density at radius 3 is 0.923 bits per heavy atom. The zero-order valence-electron chi connectivity index (χ0n) is 9.12. The summed E-state index contributed by atoms with van der Waals surface area (Å²) >= 11 is 0. The summed E-state index contributed by atoms with van der Waals surface area (Å²) in [5.74, 6) is 9.31. The molecule has 0 aromatic heterocycles. The van der Waals surface area contributed by atoms with Gasteiger partial charge in [-0.2, -0.15) is 0 Å². The molecule has 0 N–H and O–H groups in total. The predicted molar refractivity (Wildman–Crippen MR) is 67.6 cm³/mol. The third-order valence-electron chi connectivity index (χ3n) is 1.82. The van der Waals surface area contributed by atoms with Gasteiger partial charge in [-0.25, -0.2) is 0 Å². The van der Waals surface area contributed by atoms with Gasteiger partial charge in [0.1, 0.15) is 0 Å². The summed E-state index contributed by atoms with van der Waals surface area (Å²) < 4.78 is 0. The predicted octanol–water partition coefficient (Wildman–Crippen LogP) is 4.87. The minimum atomic E-state index is -1.52. The van der Waals surface area contributed by atoms with Gasteiger partial charge in [-0.15, -0.1) is 0 Å². The first kappa shape index (κ1) is 12.4. The normalized spacial score (nSPS) is 15.7. The summed E-state index contributed by atoms with van der Waals surface area (Å²) in [4.78, 5) is 0. The number of hydrogen-bond donors (Lipinski definition) is 0. The van der Waals surface area contributed by atoms with E-state index in [1.165, 1.54) is 0 Å². The Balaban J connectivity index is 5.02. The van der Waals surface area contributed by atoms with E-state index in [9.17, 15) is 0 Å². The number of rotatable bonds is 4. The summed E-state index contributed by atoms with van der Waals surface area (Å²) in [6, 6.07) is 0. The molecule has 0 fully saturated rings. The quantitative estimate of drug-likeness (QED) is 0.563. The molecule has 0 heterocycles. The molecule has 74 valence electrons. The van der Waals surface area contributed by atoms with Gasteiger partial charge in [0, 0.05) is 0 Å². The molecule has 13 heavy (non-hydrogen) atoms. The Hall–Kier alpha value is -0.610. The second-order valence-electron chi connectivity index (χ2n) is 3.00. The number of hydrogen-bond acceptors (Lipinski definition) is 0. The SMILES string of the molecule is C/C=C\[PH](/C=C\C)(/C=C\C)/C=C\C. The Kier molecular flexibility index (Phi) is 6.54. The fraction of sp³-hybridized carbons (Fsp3) is 0.333. The fourth-order valence-electron chi connectivity index (χ4n) is 1.49. The van der Waals surface area contributed by atoms with Gasteiger partial charge >= 0.3 is 82.5 Å². The van der Waals surface area contributed by atoms with Crippen molar-refractivity contribution in [3.8, 4) is 0 Å². The van der Waals surface area contributed by atoms with E-state index in [4.69, 9.17) is 0 Å². The van der Waals surface area contributed by atoms with Gasteiger partial charge in [-0.05, 0) is 0 Å². The van der Waals surface area contributed by atoms with E-state index in [2.05, 4.69) is 75.3 Å². The van der Waals surface area contributed by atoms with Crippen LogP contribution in [0.2, 0.25) is 0 Å². The van der Waals surface area contributed by atoms with Crippen LogP contribution in [0.4, 0.5) is 0 Å². The molecule has 0 aromatic rings. The van der Waals surface area contributed by atoms with Crippen molar-refractivity contribution in [1.29, 1.82) is 0 Å². The Labute approximate surface area is 83.1 Å². The molecule has 0 aromatic carbocycles. The molecule has 0 atom stereocenters. The molecule has 0 aliphatic carbocycles. The van der Waals surface area contributed by atoms with Gasteiger partial charge in [0.2, 0.25) is 0 Å². The molecule has 0 radical (unpaired) electrons. The van der Waals surface area contributed by atoms with Crippen molar-refractivity contribution in [1.82, 2.24) is 0 Å². The zero-order chi connectivity index (χ0) is 10.2. The van der Waals surface area contributed by atoms with Crippen molar-refractivity contribution in [3.05, 3.63) is 47.6 Å². The topological polar surface area (TPSA) is 0 Å². The molecule has 0 nitrogen and oxygen atoms in total. The minimum absolute atomic E-state index is 1.52. The van der Waals surface area contributed by atoms with Gasteiger partial charge in [0.05, 0.1) is 0 Å². The fourth-order valence-corrected chi connectivity index (χ4v) is 4.46. The summed E-state index contributed by atoms with van der Waals surface area (Å²) in [7, 11) is -1.52. The average Bonchev–Trinajstić information content (AvgIpc) is 2.06. The van der Waals surface area contributed by atoms with Crippen LogP contribution in [-0.4, -0.2) is 0 Å². The maximum absolute atomic E-state index is 2.33. The summed E-state index contributed by atoms with van der Waals surface area (Å²) in [6.45, 7) is 8.33. The summed E-state index contributed by atoms with van der Waals surface area (Å²) in [6.07, 6.45) is 8.58. The van der Waals surface area contributed by atoms with Crippen LogP contribution in [0.5, 0.6) is 0 Å². The Morgan fingerprint density at radius 2 is 0.769 bits per heavy atom.